The van der Waals surface area contributed by atoms with Crippen LogP contribution < -0.4 is 10.1 Å². The van der Waals surface area contributed by atoms with Crippen molar-refractivity contribution in [2.75, 3.05) is 32.7 Å². The number of hydrogen-bond acceptors (Lipinski definition) is 7. The van der Waals surface area contributed by atoms with E-state index in [2.05, 4.69) is 10.3 Å². The van der Waals surface area contributed by atoms with Gasteiger partial charge in [0.1, 0.15) is 17.1 Å². The maximum atomic E-state index is 14.0. The van der Waals surface area contributed by atoms with Gasteiger partial charge in [-0.2, -0.15) is 17.5 Å². The second-order valence-corrected chi connectivity index (χ2v) is 14.5. The van der Waals surface area contributed by atoms with Gasteiger partial charge in [-0.25, -0.2) is 8.42 Å². The number of amidine groups is 1. The molecule has 266 valence electrons. The molecule has 2 N–H and O–H groups in total. The van der Waals surface area contributed by atoms with Gasteiger partial charge < -0.3 is 20.1 Å². The number of amides is 2. The fraction of sp³-hybridized carbons (Fsp3) is 0.514. The van der Waals surface area contributed by atoms with Crippen LogP contribution in [0.1, 0.15) is 103 Å². The molecule has 0 saturated carbocycles. The summed E-state index contributed by atoms with van der Waals surface area (Å²) < 4.78 is 144. The third-order valence-electron chi connectivity index (χ3n) is 9.05. The van der Waals surface area contributed by atoms with Gasteiger partial charge in [-0.05, 0) is 106 Å². The van der Waals surface area contributed by atoms with Crippen molar-refractivity contribution in [2.45, 2.75) is 83.4 Å². The van der Waals surface area contributed by atoms with Gasteiger partial charge in [0.15, 0.2) is 0 Å². The van der Waals surface area contributed by atoms with Gasteiger partial charge in [0.25, 0.3) is 11.8 Å². The molecule has 0 unspecified atom stereocenters. The first-order chi connectivity index (χ1) is 26.3. The van der Waals surface area contributed by atoms with Crippen LogP contribution in [-0.4, -0.2) is 84.3 Å². The van der Waals surface area contributed by atoms with Crippen molar-refractivity contribution in [3.05, 3.63) is 69.1 Å². The molecule has 0 aliphatic carbocycles. The van der Waals surface area contributed by atoms with E-state index in [9.17, 15) is 36.3 Å². The zero-order valence-corrected chi connectivity index (χ0v) is 27.9. The van der Waals surface area contributed by atoms with Gasteiger partial charge in [0.05, 0.1) is 20.5 Å². The largest absolute Gasteiger partial charge is 0.494 e. The number of benzene rings is 2. The number of nitrogens with one attached hydrogen (secondary N) is 1. The Labute approximate surface area is 297 Å². The van der Waals surface area contributed by atoms with Gasteiger partial charge >= 0.3 is 6.18 Å². The number of carbonyl (C=O) groups excluding carboxylic acids is 2. The number of likely N-dealkylation sites (tertiary alicyclic amines) is 1. The molecule has 3 aliphatic rings. The summed E-state index contributed by atoms with van der Waals surface area (Å²) in [4.78, 5) is 32.5. The van der Waals surface area contributed by atoms with Crippen LogP contribution >= 0.6 is 0 Å². The third-order valence-corrected chi connectivity index (χ3v) is 10.6. The number of rotatable bonds is 9. The Balaban J connectivity index is 1.33. The number of ether oxygens (including phenoxy) is 1. The summed E-state index contributed by atoms with van der Waals surface area (Å²) in [5, 5.41) is 13.6. The van der Waals surface area contributed by atoms with Crippen LogP contribution in [0, 0.1) is 13.8 Å². The summed E-state index contributed by atoms with van der Waals surface area (Å²) in [7, 11) is -4.07. The van der Waals surface area contributed by atoms with Crippen molar-refractivity contribution in [2.24, 2.45) is 4.99 Å². The molecule has 10 nitrogen and oxygen atoms in total. The number of nitrogens with zero attached hydrogens (tertiary/aromatic N) is 3. The van der Waals surface area contributed by atoms with Crippen LogP contribution in [0.15, 0.2) is 40.7 Å². The number of alkyl halides is 3. The van der Waals surface area contributed by atoms with Crippen molar-refractivity contribution in [3.8, 4) is 5.75 Å². The minimum Gasteiger partial charge on any atom is -0.494 e. The zero-order valence-electron chi connectivity index (χ0n) is 36.1. The molecule has 2 aromatic carbocycles. The highest BCUT2D eigenvalue weighted by atomic mass is 32.2. The van der Waals surface area contributed by atoms with Gasteiger partial charge in [0.2, 0.25) is 10.0 Å². The lowest BCUT2D eigenvalue weighted by Gasteiger charge is -2.36. The highest BCUT2D eigenvalue weighted by molar-refractivity contribution is 7.92. The van der Waals surface area contributed by atoms with Crippen LogP contribution in [-0.2, 0) is 21.0 Å². The van der Waals surface area contributed by atoms with Crippen molar-refractivity contribution in [1.82, 2.24) is 14.5 Å². The molecule has 0 bridgehead atoms. The van der Waals surface area contributed by atoms with Gasteiger partial charge in [0, 0.05) is 52.3 Å². The Hall–Kier alpha value is -3.75. The Morgan fingerprint density at radius 1 is 1.10 bits per heavy atom. The summed E-state index contributed by atoms with van der Waals surface area (Å²) in [6, 6.07) is 4.99. The van der Waals surface area contributed by atoms with Crippen LogP contribution in [0.3, 0.4) is 0 Å². The number of piperidine rings is 2. The SMILES string of the molecule is [2H]C([2H])([2H])C([2H])([2H])C([2H])([2H])C([2H])([2H])Oc1cc(C2=NC3(CCN(S(=O)(=O)/C=C/c4c(C)cc(C(=O)N5CCC(C)(O)CC5)cc4C)CC3)C(=O)N2)cc(C(F)(F)F)c1. The highest BCUT2D eigenvalue weighted by Gasteiger charge is 2.47. The molecule has 0 atom stereocenters. The lowest BCUT2D eigenvalue weighted by atomic mass is 9.89. The van der Waals surface area contributed by atoms with Crippen molar-refractivity contribution in [3.63, 3.8) is 0 Å². The number of carbonyl (C=O) groups is 2. The average molecular weight is 714 g/mol. The summed E-state index contributed by atoms with van der Waals surface area (Å²) in [6.07, 6.45) is -10.9. The van der Waals surface area contributed by atoms with Crippen LogP contribution in [0.5, 0.6) is 5.75 Å². The number of aryl methyl sites for hydroxylation is 2. The van der Waals surface area contributed by atoms with Crippen molar-refractivity contribution >= 4 is 33.7 Å². The first kappa shape index (κ1) is 26.1. The highest BCUT2D eigenvalue weighted by Crippen LogP contribution is 2.36. The maximum Gasteiger partial charge on any atom is 0.416 e. The molecular formula is C35H43F3N4O6S. The van der Waals surface area contributed by atoms with Crippen LogP contribution in [0.4, 0.5) is 13.2 Å². The molecule has 2 saturated heterocycles. The van der Waals surface area contributed by atoms with E-state index in [0.29, 0.717) is 60.3 Å². The zero-order chi connectivity index (χ0) is 43.7. The summed E-state index contributed by atoms with van der Waals surface area (Å²) in [5.41, 5.74) is -2.02. The smallest absolute Gasteiger partial charge is 0.416 e. The van der Waals surface area contributed by atoms with E-state index in [-0.39, 0.29) is 31.8 Å². The van der Waals surface area contributed by atoms with Gasteiger partial charge in [-0.3, -0.25) is 14.6 Å². The van der Waals surface area contributed by atoms with Crippen molar-refractivity contribution < 1.29 is 53.4 Å². The first-order valence-corrected chi connectivity index (χ1v) is 17.0. The van der Waals surface area contributed by atoms with Crippen molar-refractivity contribution in [1.29, 1.82) is 0 Å². The lowest BCUT2D eigenvalue weighted by molar-refractivity contribution is -0.137. The Kier molecular flexibility index (Phi) is 7.39. The summed E-state index contributed by atoms with van der Waals surface area (Å²) in [6.45, 7) is -1.93. The van der Waals surface area contributed by atoms with E-state index >= 15 is 0 Å². The van der Waals surface area contributed by atoms with E-state index in [0.717, 1.165) is 15.8 Å². The molecule has 0 radical (unpaired) electrons. The van der Waals surface area contributed by atoms with Crippen LogP contribution in [0.2, 0.25) is 0 Å². The Morgan fingerprint density at radius 3 is 2.37 bits per heavy atom. The minimum absolute atomic E-state index is 0.175. The van der Waals surface area contributed by atoms with E-state index in [1.165, 1.54) is 6.08 Å². The third kappa shape index (κ3) is 8.18. The predicted octanol–water partition coefficient (Wildman–Crippen LogP) is 5.20. The quantitative estimate of drug-likeness (QED) is 0.368. The molecule has 2 amide bonds. The molecule has 3 aliphatic heterocycles. The van der Waals surface area contributed by atoms with E-state index < -0.39 is 82.1 Å². The maximum absolute atomic E-state index is 14.0. The van der Waals surface area contributed by atoms with Crippen LogP contribution in [0.25, 0.3) is 6.08 Å². The Bertz CT molecular complexity index is 2120. The second kappa shape index (κ2) is 13.9. The van der Waals surface area contributed by atoms with E-state index in [1.807, 2.05) is 0 Å². The molecule has 2 aromatic rings. The molecule has 0 aromatic heterocycles. The van der Waals surface area contributed by atoms with E-state index in [1.54, 1.807) is 37.8 Å². The van der Waals surface area contributed by atoms with Gasteiger partial charge in [-0.1, -0.05) is 13.2 Å². The Morgan fingerprint density at radius 2 is 1.76 bits per heavy atom. The monoisotopic (exact) mass is 713 g/mol. The molecule has 1 spiro atoms. The average Bonchev–Trinajstić information content (AvgIpc) is 3.40. The fourth-order valence-electron chi connectivity index (χ4n) is 6.15. The summed E-state index contributed by atoms with van der Waals surface area (Å²) in [5.74, 6) is -2.33. The second-order valence-electron chi connectivity index (χ2n) is 12.7. The fourth-order valence-corrected chi connectivity index (χ4v) is 7.32. The number of sulfonamides is 1. The molecule has 5 rings (SSSR count). The topological polar surface area (TPSA) is 129 Å². The molecule has 3 heterocycles. The number of halogens is 3. The molecule has 49 heavy (non-hydrogen) atoms. The number of aliphatic imine (C=N–C) groups is 1. The first-order valence-electron chi connectivity index (χ1n) is 20.0. The molecular weight excluding hydrogens is 661 g/mol. The number of hydrogen-bond donors (Lipinski definition) is 2. The number of aliphatic hydroxyl groups is 1. The predicted molar refractivity (Wildman–Crippen MR) is 180 cm³/mol. The molecule has 2 fully saturated rings. The minimum atomic E-state index is -5.09. The van der Waals surface area contributed by atoms with E-state index in [4.69, 9.17) is 17.1 Å². The normalized spacial score (nSPS) is 23.6. The van der Waals surface area contributed by atoms with Gasteiger partial charge in [-0.15, -0.1) is 0 Å². The summed E-state index contributed by atoms with van der Waals surface area (Å²) >= 11 is 0. The lowest BCUT2D eigenvalue weighted by Crippen LogP contribution is -2.50. The molecule has 14 heteroatoms. The standard InChI is InChI=1S/C35H43F3N4O6S/c1-5-6-16-48-28-21-25(20-27(22-28)35(36,37)38)30-39-32(44)34(40-30)10-14-42(15-11-34)49(46,47)17-7-29-23(2)18-26(19-24(29)3)31(43)41-12-8-33(4,45)9-13-41/h7,17-22,45H,5-6,8-16H2,1-4H3,(H,39,40,44)/b17-7+/i1D3,5D2,6D2,16D2.